The van der Waals surface area contributed by atoms with E-state index in [0.717, 1.165) is 20.2 Å². The number of rotatable bonds is 5. The molecule has 1 N–H and O–H groups in total. The van der Waals surface area contributed by atoms with Gasteiger partial charge in [0.15, 0.2) is 11.5 Å². The predicted octanol–water partition coefficient (Wildman–Crippen LogP) is 4.41. The minimum atomic E-state index is -0.102. The molecule has 116 valence electrons. The Hall–Kier alpha value is -1.53. The summed E-state index contributed by atoms with van der Waals surface area (Å²) >= 11 is 6.80. The molecule has 0 aliphatic rings. The van der Waals surface area contributed by atoms with Crippen LogP contribution in [0.25, 0.3) is 0 Å². The zero-order valence-corrected chi connectivity index (χ0v) is 15.3. The SMILES string of the molecule is COc1ccc(CC(=O)Nc2ccc(Br)cc2Br)cc1OC. The highest BCUT2D eigenvalue weighted by atomic mass is 79.9. The molecule has 0 aliphatic heterocycles. The van der Waals surface area contributed by atoms with Gasteiger partial charge in [-0.3, -0.25) is 4.79 Å². The first-order valence-electron chi connectivity index (χ1n) is 6.49. The minimum absolute atomic E-state index is 0.102. The zero-order valence-electron chi connectivity index (χ0n) is 12.2. The quantitative estimate of drug-likeness (QED) is 0.767. The van der Waals surface area contributed by atoms with Crippen molar-refractivity contribution in [2.75, 3.05) is 19.5 Å². The Labute approximate surface area is 146 Å². The van der Waals surface area contributed by atoms with E-state index in [-0.39, 0.29) is 12.3 Å². The highest BCUT2D eigenvalue weighted by Gasteiger charge is 2.10. The minimum Gasteiger partial charge on any atom is -0.493 e. The number of methoxy groups -OCH3 is 2. The van der Waals surface area contributed by atoms with E-state index in [1.165, 1.54) is 0 Å². The van der Waals surface area contributed by atoms with Crippen LogP contribution in [0.5, 0.6) is 11.5 Å². The van der Waals surface area contributed by atoms with Crippen molar-refractivity contribution in [3.63, 3.8) is 0 Å². The molecule has 0 spiro atoms. The molecule has 0 aromatic heterocycles. The number of benzene rings is 2. The van der Waals surface area contributed by atoms with Crippen molar-refractivity contribution in [3.05, 3.63) is 50.9 Å². The third-order valence-corrected chi connectivity index (χ3v) is 4.17. The van der Waals surface area contributed by atoms with Crippen LogP contribution in [0.1, 0.15) is 5.56 Å². The summed E-state index contributed by atoms with van der Waals surface area (Å²) in [5.74, 6) is 1.15. The molecule has 2 aromatic carbocycles. The Kier molecular flexibility index (Phi) is 5.85. The molecule has 1 amide bonds. The molecule has 0 radical (unpaired) electrons. The fourth-order valence-electron chi connectivity index (χ4n) is 1.96. The van der Waals surface area contributed by atoms with Crippen LogP contribution < -0.4 is 14.8 Å². The van der Waals surface area contributed by atoms with Crippen LogP contribution in [0.2, 0.25) is 0 Å². The summed E-state index contributed by atoms with van der Waals surface area (Å²) in [6.07, 6.45) is 0.253. The summed E-state index contributed by atoms with van der Waals surface area (Å²) < 4.78 is 12.2. The van der Waals surface area contributed by atoms with E-state index in [0.29, 0.717) is 11.5 Å². The topological polar surface area (TPSA) is 47.6 Å². The first-order valence-corrected chi connectivity index (χ1v) is 8.08. The first kappa shape index (κ1) is 16.8. The van der Waals surface area contributed by atoms with Crippen LogP contribution in [0, 0.1) is 0 Å². The van der Waals surface area contributed by atoms with Crippen molar-refractivity contribution >= 4 is 43.5 Å². The molecular formula is C16H15Br2NO3. The maximum atomic E-state index is 12.2. The molecule has 22 heavy (non-hydrogen) atoms. The molecular weight excluding hydrogens is 414 g/mol. The van der Waals surface area contributed by atoms with Crippen molar-refractivity contribution in [2.24, 2.45) is 0 Å². The Bertz CT molecular complexity index is 689. The number of carbonyl (C=O) groups is 1. The lowest BCUT2D eigenvalue weighted by Gasteiger charge is -2.10. The van der Waals surface area contributed by atoms with Gasteiger partial charge in [0.2, 0.25) is 5.91 Å². The van der Waals surface area contributed by atoms with Gasteiger partial charge in [0.25, 0.3) is 0 Å². The molecule has 2 aromatic rings. The largest absolute Gasteiger partial charge is 0.493 e. The zero-order chi connectivity index (χ0) is 16.1. The predicted molar refractivity (Wildman–Crippen MR) is 93.7 cm³/mol. The second kappa shape index (κ2) is 7.65. The molecule has 0 saturated heterocycles. The number of hydrogen-bond donors (Lipinski definition) is 1. The van der Waals surface area contributed by atoms with Gasteiger partial charge < -0.3 is 14.8 Å². The first-order chi connectivity index (χ1) is 10.5. The highest BCUT2D eigenvalue weighted by molar-refractivity contribution is 9.11. The molecule has 2 rings (SSSR count). The molecule has 0 heterocycles. The van der Waals surface area contributed by atoms with Crippen molar-refractivity contribution < 1.29 is 14.3 Å². The molecule has 0 bridgehead atoms. The van der Waals surface area contributed by atoms with Crippen molar-refractivity contribution in [3.8, 4) is 11.5 Å². The maximum absolute atomic E-state index is 12.2. The van der Waals surface area contributed by atoms with Gasteiger partial charge in [-0.2, -0.15) is 0 Å². The Morgan fingerprint density at radius 3 is 2.41 bits per heavy atom. The second-order valence-electron chi connectivity index (χ2n) is 4.54. The summed E-state index contributed by atoms with van der Waals surface area (Å²) in [5.41, 5.74) is 1.58. The van der Waals surface area contributed by atoms with E-state index >= 15 is 0 Å². The lowest BCUT2D eigenvalue weighted by Crippen LogP contribution is -2.14. The average Bonchev–Trinajstić information content (AvgIpc) is 2.50. The molecule has 0 saturated carbocycles. The van der Waals surface area contributed by atoms with Crippen molar-refractivity contribution in [2.45, 2.75) is 6.42 Å². The normalized spacial score (nSPS) is 10.2. The number of amides is 1. The van der Waals surface area contributed by atoms with Crippen LogP contribution >= 0.6 is 31.9 Å². The van der Waals surface area contributed by atoms with Crippen LogP contribution in [0.3, 0.4) is 0 Å². The molecule has 0 atom stereocenters. The molecule has 0 fully saturated rings. The van der Waals surface area contributed by atoms with Gasteiger partial charge in [-0.05, 0) is 51.8 Å². The number of halogens is 2. The molecule has 0 unspecified atom stereocenters. The maximum Gasteiger partial charge on any atom is 0.228 e. The van der Waals surface area contributed by atoms with E-state index < -0.39 is 0 Å². The number of hydrogen-bond acceptors (Lipinski definition) is 3. The smallest absolute Gasteiger partial charge is 0.228 e. The molecule has 6 heteroatoms. The summed E-state index contributed by atoms with van der Waals surface area (Å²) in [7, 11) is 3.15. The third-order valence-electron chi connectivity index (χ3n) is 3.02. The van der Waals surface area contributed by atoms with E-state index in [2.05, 4.69) is 37.2 Å². The standard InChI is InChI=1S/C16H15Br2NO3/c1-21-14-6-3-10(7-15(14)22-2)8-16(20)19-13-5-4-11(17)9-12(13)18/h3-7,9H,8H2,1-2H3,(H,19,20). The summed E-state index contributed by atoms with van der Waals surface area (Å²) in [4.78, 5) is 12.2. The Balaban J connectivity index is 2.08. The Morgan fingerprint density at radius 2 is 1.77 bits per heavy atom. The monoisotopic (exact) mass is 427 g/mol. The van der Waals surface area contributed by atoms with Gasteiger partial charge in [-0.15, -0.1) is 0 Å². The van der Waals surface area contributed by atoms with Crippen LogP contribution in [-0.2, 0) is 11.2 Å². The third kappa shape index (κ3) is 4.24. The fourth-order valence-corrected chi connectivity index (χ4v) is 3.11. The lowest BCUT2D eigenvalue weighted by molar-refractivity contribution is -0.115. The second-order valence-corrected chi connectivity index (χ2v) is 6.31. The molecule has 0 aliphatic carbocycles. The van der Waals surface area contributed by atoms with E-state index in [9.17, 15) is 4.79 Å². The fraction of sp³-hybridized carbons (Fsp3) is 0.188. The van der Waals surface area contributed by atoms with E-state index in [1.807, 2.05) is 24.3 Å². The number of ether oxygens (including phenoxy) is 2. The van der Waals surface area contributed by atoms with Gasteiger partial charge in [-0.25, -0.2) is 0 Å². The van der Waals surface area contributed by atoms with Crippen molar-refractivity contribution in [1.82, 2.24) is 0 Å². The average molecular weight is 429 g/mol. The lowest BCUT2D eigenvalue weighted by atomic mass is 10.1. The number of nitrogens with one attached hydrogen (secondary N) is 1. The van der Waals surface area contributed by atoms with Crippen LogP contribution in [0.4, 0.5) is 5.69 Å². The van der Waals surface area contributed by atoms with Crippen LogP contribution in [-0.4, -0.2) is 20.1 Å². The number of anilines is 1. The Morgan fingerprint density at radius 1 is 1.05 bits per heavy atom. The summed E-state index contributed by atoms with van der Waals surface area (Å²) in [5, 5.41) is 2.87. The van der Waals surface area contributed by atoms with Gasteiger partial charge in [0.1, 0.15) is 0 Å². The molecule has 4 nitrogen and oxygen atoms in total. The van der Waals surface area contributed by atoms with Gasteiger partial charge in [0, 0.05) is 8.95 Å². The van der Waals surface area contributed by atoms with E-state index in [4.69, 9.17) is 9.47 Å². The summed E-state index contributed by atoms with van der Waals surface area (Å²) in [6, 6.07) is 11.0. The van der Waals surface area contributed by atoms with Crippen LogP contribution in [0.15, 0.2) is 45.3 Å². The highest BCUT2D eigenvalue weighted by Crippen LogP contribution is 2.29. The summed E-state index contributed by atoms with van der Waals surface area (Å²) in [6.45, 7) is 0. The number of carbonyl (C=O) groups excluding carboxylic acids is 1. The van der Waals surface area contributed by atoms with Gasteiger partial charge in [0.05, 0.1) is 26.3 Å². The van der Waals surface area contributed by atoms with Gasteiger partial charge in [-0.1, -0.05) is 22.0 Å². The van der Waals surface area contributed by atoms with Gasteiger partial charge >= 0.3 is 0 Å². The van der Waals surface area contributed by atoms with E-state index in [1.54, 1.807) is 26.4 Å². The van der Waals surface area contributed by atoms with Crippen molar-refractivity contribution in [1.29, 1.82) is 0 Å².